The molecule has 0 saturated heterocycles. The van der Waals surface area contributed by atoms with Crippen molar-refractivity contribution in [3.05, 3.63) is 23.8 Å². The summed E-state index contributed by atoms with van der Waals surface area (Å²) >= 11 is 0. The fourth-order valence-corrected chi connectivity index (χ4v) is 3.58. The summed E-state index contributed by atoms with van der Waals surface area (Å²) in [5.41, 5.74) is 6.88. The van der Waals surface area contributed by atoms with Crippen LogP contribution in [0, 0.1) is 17.8 Å². The highest BCUT2D eigenvalue weighted by Crippen LogP contribution is 2.29. The number of aryl methyl sites for hydroxylation is 1. The minimum absolute atomic E-state index is 0.00985. The number of benzene rings is 1. The lowest BCUT2D eigenvalue weighted by molar-refractivity contribution is 0.146. The highest BCUT2D eigenvalue weighted by molar-refractivity contribution is 5.41. The van der Waals surface area contributed by atoms with Crippen LogP contribution < -0.4 is 15.2 Å². The summed E-state index contributed by atoms with van der Waals surface area (Å²) in [5.74, 6) is 3.46. The molecule has 1 unspecified atom stereocenters. The molecule has 0 aliphatic heterocycles. The third kappa shape index (κ3) is 9.39. The van der Waals surface area contributed by atoms with Gasteiger partial charge in [0.15, 0.2) is 0 Å². The maximum absolute atomic E-state index is 9.66. The predicted octanol–water partition coefficient (Wildman–Crippen LogP) is 5.60. The van der Waals surface area contributed by atoms with E-state index >= 15 is 0 Å². The van der Waals surface area contributed by atoms with Crippen molar-refractivity contribution in [1.82, 2.24) is 0 Å². The van der Waals surface area contributed by atoms with Crippen LogP contribution in [0.5, 0.6) is 11.5 Å². The number of aliphatic hydroxyl groups is 1. The van der Waals surface area contributed by atoms with Crippen LogP contribution >= 0.6 is 0 Å². The molecule has 0 bridgehead atoms. The van der Waals surface area contributed by atoms with Crippen molar-refractivity contribution in [3.63, 3.8) is 0 Å². The summed E-state index contributed by atoms with van der Waals surface area (Å²) in [6, 6.07) is 6.03. The van der Waals surface area contributed by atoms with Crippen LogP contribution in [0.4, 0.5) is 0 Å². The van der Waals surface area contributed by atoms with Gasteiger partial charge in [0.25, 0.3) is 0 Å². The van der Waals surface area contributed by atoms with E-state index in [0.29, 0.717) is 6.42 Å². The van der Waals surface area contributed by atoms with E-state index in [0.717, 1.165) is 48.3 Å². The van der Waals surface area contributed by atoms with Crippen molar-refractivity contribution < 1.29 is 14.6 Å². The molecule has 0 amide bonds. The lowest BCUT2D eigenvalue weighted by Gasteiger charge is -2.31. The number of hydrogen-bond acceptors (Lipinski definition) is 4. The highest BCUT2D eigenvalue weighted by Gasteiger charge is 2.28. The summed E-state index contributed by atoms with van der Waals surface area (Å²) < 4.78 is 11.5. The van der Waals surface area contributed by atoms with Crippen LogP contribution in [-0.2, 0) is 6.42 Å². The number of hydrogen-bond donors (Lipinski definition) is 2. The SMILES string of the molecule is COc1cc(OCCCC(C)CCCC(C)C)ccc1CC[C@@](N)(CO)C(C)C. The Labute approximate surface area is 179 Å². The van der Waals surface area contributed by atoms with Crippen molar-refractivity contribution >= 4 is 0 Å². The predicted molar refractivity (Wildman–Crippen MR) is 123 cm³/mol. The van der Waals surface area contributed by atoms with Gasteiger partial charge in [0.2, 0.25) is 0 Å². The van der Waals surface area contributed by atoms with Crippen LogP contribution in [0.15, 0.2) is 18.2 Å². The second-order valence-electron chi connectivity index (χ2n) is 9.44. The number of ether oxygens (including phenoxy) is 2. The van der Waals surface area contributed by atoms with Gasteiger partial charge in [0, 0.05) is 11.6 Å². The maximum atomic E-state index is 9.66. The largest absolute Gasteiger partial charge is 0.496 e. The normalized spacial score (nSPS) is 14.8. The number of nitrogens with two attached hydrogens (primary N) is 1. The Morgan fingerprint density at radius 3 is 2.31 bits per heavy atom. The van der Waals surface area contributed by atoms with Gasteiger partial charge < -0.3 is 20.3 Å². The molecule has 3 N–H and O–H groups in total. The van der Waals surface area contributed by atoms with E-state index in [2.05, 4.69) is 40.7 Å². The van der Waals surface area contributed by atoms with E-state index in [9.17, 15) is 5.11 Å². The second kappa shape index (κ2) is 13.1. The minimum Gasteiger partial charge on any atom is -0.496 e. The number of methoxy groups -OCH3 is 1. The van der Waals surface area contributed by atoms with Gasteiger partial charge in [-0.25, -0.2) is 0 Å². The first-order valence-corrected chi connectivity index (χ1v) is 11.4. The Kier molecular flexibility index (Phi) is 11.7. The quantitative estimate of drug-likeness (QED) is 0.372. The lowest BCUT2D eigenvalue weighted by atomic mass is 9.83. The van der Waals surface area contributed by atoms with Crippen molar-refractivity contribution in [2.45, 2.75) is 85.1 Å². The molecule has 0 aromatic heterocycles. The maximum Gasteiger partial charge on any atom is 0.125 e. The third-order valence-electron chi connectivity index (χ3n) is 6.15. The molecule has 0 saturated carbocycles. The Morgan fingerprint density at radius 1 is 1.03 bits per heavy atom. The second-order valence-corrected chi connectivity index (χ2v) is 9.44. The van der Waals surface area contributed by atoms with Crippen molar-refractivity contribution in [2.24, 2.45) is 23.5 Å². The zero-order valence-corrected chi connectivity index (χ0v) is 19.7. The topological polar surface area (TPSA) is 64.7 Å². The first kappa shape index (κ1) is 25.8. The monoisotopic (exact) mass is 407 g/mol. The summed E-state index contributed by atoms with van der Waals surface area (Å²) in [6.45, 7) is 11.8. The Bertz CT molecular complexity index is 573. The van der Waals surface area contributed by atoms with Crippen LogP contribution in [-0.4, -0.2) is 31.0 Å². The van der Waals surface area contributed by atoms with E-state index < -0.39 is 5.54 Å². The fourth-order valence-electron chi connectivity index (χ4n) is 3.58. The zero-order chi connectivity index (χ0) is 21.9. The van der Waals surface area contributed by atoms with Crippen molar-refractivity contribution in [1.29, 1.82) is 0 Å². The van der Waals surface area contributed by atoms with Gasteiger partial charge in [0.05, 0.1) is 20.3 Å². The molecule has 0 spiro atoms. The Morgan fingerprint density at radius 2 is 1.72 bits per heavy atom. The molecule has 1 aromatic carbocycles. The summed E-state index contributed by atoms with van der Waals surface area (Å²) in [7, 11) is 1.69. The molecular formula is C25H45NO3. The van der Waals surface area contributed by atoms with E-state index in [1.807, 2.05) is 12.1 Å². The molecule has 29 heavy (non-hydrogen) atoms. The Hall–Kier alpha value is -1.26. The van der Waals surface area contributed by atoms with E-state index in [4.69, 9.17) is 15.2 Å². The molecule has 1 rings (SSSR count). The molecule has 0 heterocycles. The zero-order valence-electron chi connectivity index (χ0n) is 19.7. The van der Waals surface area contributed by atoms with Crippen LogP contribution in [0.2, 0.25) is 0 Å². The molecule has 168 valence electrons. The van der Waals surface area contributed by atoms with Gasteiger partial charge in [-0.2, -0.15) is 0 Å². The standard InChI is InChI=1S/C25H45NO3/c1-19(2)9-7-10-21(5)11-8-16-29-23-13-12-22(24(17-23)28-6)14-15-25(26,18-27)20(3)4/h12-13,17,19-21,27H,7-11,14-16,18,26H2,1-6H3/t21?,25-/m1/s1. The van der Waals surface area contributed by atoms with Gasteiger partial charge in [-0.15, -0.1) is 0 Å². The van der Waals surface area contributed by atoms with Gasteiger partial charge in [0.1, 0.15) is 11.5 Å². The fraction of sp³-hybridized carbons (Fsp3) is 0.760. The minimum atomic E-state index is -0.563. The summed E-state index contributed by atoms with van der Waals surface area (Å²) in [6.07, 6.45) is 7.74. The summed E-state index contributed by atoms with van der Waals surface area (Å²) in [5, 5.41) is 9.66. The molecule has 1 aromatic rings. The third-order valence-corrected chi connectivity index (χ3v) is 6.15. The molecule has 4 nitrogen and oxygen atoms in total. The van der Waals surface area contributed by atoms with Crippen LogP contribution in [0.3, 0.4) is 0 Å². The number of rotatable bonds is 15. The van der Waals surface area contributed by atoms with E-state index in [1.165, 1.54) is 25.7 Å². The van der Waals surface area contributed by atoms with Crippen molar-refractivity contribution in [3.8, 4) is 11.5 Å². The number of aliphatic hydroxyl groups excluding tert-OH is 1. The average Bonchev–Trinajstić information content (AvgIpc) is 2.69. The molecule has 0 aliphatic rings. The molecule has 4 heteroatoms. The highest BCUT2D eigenvalue weighted by atomic mass is 16.5. The summed E-state index contributed by atoms with van der Waals surface area (Å²) in [4.78, 5) is 0. The smallest absolute Gasteiger partial charge is 0.125 e. The molecule has 0 radical (unpaired) electrons. The van der Waals surface area contributed by atoms with Gasteiger partial charge in [-0.05, 0) is 55.1 Å². The van der Waals surface area contributed by atoms with Gasteiger partial charge in [-0.3, -0.25) is 0 Å². The molecule has 0 fully saturated rings. The van der Waals surface area contributed by atoms with Gasteiger partial charge >= 0.3 is 0 Å². The first-order valence-electron chi connectivity index (χ1n) is 11.4. The van der Waals surface area contributed by atoms with E-state index in [1.54, 1.807) is 7.11 Å². The molecular weight excluding hydrogens is 362 g/mol. The van der Waals surface area contributed by atoms with Crippen molar-refractivity contribution in [2.75, 3.05) is 20.3 Å². The first-order chi connectivity index (χ1) is 13.7. The average molecular weight is 408 g/mol. The van der Waals surface area contributed by atoms with Gasteiger partial charge in [-0.1, -0.05) is 59.9 Å². The van der Waals surface area contributed by atoms with Crippen LogP contribution in [0.1, 0.15) is 78.7 Å². The molecule has 2 atom stereocenters. The lowest BCUT2D eigenvalue weighted by Crippen LogP contribution is -2.48. The van der Waals surface area contributed by atoms with E-state index in [-0.39, 0.29) is 12.5 Å². The van der Waals surface area contributed by atoms with Crippen LogP contribution in [0.25, 0.3) is 0 Å². The molecule has 0 aliphatic carbocycles. The Balaban J connectivity index is 2.47.